The minimum atomic E-state index is -5.09. The van der Waals surface area contributed by atoms with Crippen molar-refractivity contribution in [1.82, 2.24) is 0 Å². The highest BCUT2D eigenvalue weighted by Crippen LogP contribution is 2.34. The molecule has 4 nitrogen and oxygen atoms in total. The first-order valence-corrected chi connectivity index (χ1v) is 7.17. The molecule has 0 bridgehead atoms. The topological polar surface area (TPSA) is 67.2 Å². The van der Waals surface area contributed by atoms with Gasteiger partial charge in [-0.05, 0) is 24.1 Å². The fraction of sp³-hybridized carbons (Fsp3) is 0.300. The molecule has 0 unspecified atom stereocenters. The van der Waals surface area contributed by atoms with Crippen LogP contribution in [-0.4, -0.2) is 14.8 Å². The SMILES string of the molecule is CCc1cc(S(=O)(=O)Cl)c(OC(F)(F)F)cc1C#N. The number of alkyl halides is 3. The summed E-state index contributed by atoms with van der Waals surface area (Å²) in [5, 5.41) is 8.80. The molecule has 1 aromatic carbocycles. The Morgan fingerprint density at radius 3 is 2.37 bits per heavy atom. The quantitative estimate of drug-likeness (QED) is 0.805. The van der Waals surface area contributed by atoms with E-state index in [0.717, 1.165) is 6.07 Å². The normalized spacial score (nSPS) is 12.0. The number of hydrogen-bond donors (Lipinski definition) is 0. The van der Waals surface area contributed by atoms with Gasteiger partial charge in [-0.25, -0.2) is 8.42 Å². The fourth-order valence-electron chi connectivity index (χ4n) is 1.39. The van der Waals surface area contributed by atoms with Crippen LogP contribution in [0.2, 0.25) is 0 Å². The summed E-state index contributed by atoms with van der Waals surface area (Å²) in [6.45, 7) is 1.62. The van der Waals surface area contributed by atoms with E-state index >= 15 is 0 Å². The maximum atomic E-state index is 12.2. The number of aryl methyl sites for hydroxylation is 1. The third kappa shape index (κ3) is 4.01. The zero-order chi connectivity index (χ0) is 14.8. The standard InChI is InChI=1S/C10H7ClF3NO3S/c1-2-6-4-9(19(11,16)17)8(3-7(6)5-15)18-10(12,13)14/h3-4H,2H2,1H3. The Bertz CT molecular complexity index is 635. The summed E-state index contributed by atoms with van der Waals surface area (Å²) in [5.41, 5.74) is 0.155. The van der Waals surface area contributed by atoms with E-state index in [-0.39, 0.29) is 17.5 Å². The Kier molecular flexibility index (Phi) is 4.32. The van der Waals surface area contributed by atoms with Gasteiger partial charge in [0.25, 0.3) is 9.05 Å². The van der Waals surface area contributed by atoms with Crippen molar-refractivity contribution in [2.75, 3.05) is 0 Å². The number of rotatable bonds is 3. The summed E-state index contributed by atoms with van der Waals surface area (Å²) >= 11 is 0. The van der Waals surface area contributed by atoms with Gasteiger partial charge in [0.2, 0.25) is 0 Å². The zero-order valence-electron chi connectivity index (χ0n) is 9.45. The Morgan fingerprint density at radius 2 is 2.00 bits per heavy atom. The van der Waals surface area contributed by atoms with Gasteiger partial charge in [-0.3, -0.25) is 0 Å². The van der Waals surface area contributed by atoms with E-state index in [1.54, 1.807) is 13.0 Å². The minimum absolute atomic E-state index is 0.106. The van der Waals surface area contributed by atoms with Gasteiger partial charge in [0, 0.05) is 10.7 Å². The van der Waals surface area contributed by atoms with Crippen LogP contribution in [0.3, 0.4) is 0 Å². The molecular weight excluding hydrogens is 307 g/mol. The average molecular weight is 314 g/mol. The van der Waals surface area contributed by atoms with Crippen molar-refractivity contribution in [1.29, 1.82) is 5.26 Å². The van der Waals surface area contributed by atoms with Crippen LogP contribution < -0.4 is 4.74 Å². The Hall–Kier alpha value is -1.46. The van der Waals surface area contributed by atoms with Gasteiger partial charge in [-0.15, -0.1) is 13.2 Å². The summed E-state index contributed by atoms with van der Waals surface area (Å²) in [6, 6.07) is 3.28. The van der Waals surface area contributed by atoms with Gasteiger partial charge in [0.1, 0.15) is 4.90 Å². The largest absolute Gasteiger partial charge is 0.573 e. The first-order valence-electron chi connectivity index (χ1n) is 4.86. The van der Waals surface area contributed by atoms with Gasteiger partial charge in [0.15, 0.2) is 5.75 Å². The van der Waals surface area contributed by atoms with Crippen LogP contribution in [-0.2, 0) is 15.5 Å². The summed E-state index contributed by atoms with van der Waals surface area (Å²) in [6.07, 6.45) is -4.83. The lowest BCUT2D eigenvalue weighted by atomic mass is 10.1. The summed E-state index contributed by atoms with van der Waals surface area (Å²) in [7, 11) is 0.633. The van der Waals surface area contributed by atoms with E-state index in [9.17, 15) is 21.6 Å². The molecule has 0 aromatic heterocycles. The molecule has 19 heavy (non-hydrogen) atoms. The molecule has 0 N–H and O–H groups in total. The molecule has 0 atom stereocenters. The van der Waals surface area contributed by atoms with Gasteiger partial charge in [-0.1, -0.05) is 6.92 Å². The predicted octanol–water partition coefficient (Wildman–Crippen LogP) is 2.95. The van der Waals surface area contributed by atoms with Crippen LogP contribution in [0.4, 0.5) is 13.2 Å². The van der Waals surface area contributed by atoms with Gasteiger partial charge < -0.3 is 4.74 Å². The van der Waals surface area contributed by atoms with Crippen LogP contribution in [0.1, 0.15) is 18.1 Å². The van der Waals surface area contributed by atoms with Crippen molar-refractivity contribution in [2.45, 2.75) is 24.6 Å². The maximum Gasteiger partial charge on any atom is 0.573 e. The first kappa shape index (κ1) is 15.6. The second-order valence-electron chi connectivity index (χ2n) is 3.41. The molecule has 0 saturated heterocycles. The highest BCUT2D eigenvalue weighted by molar-refractivity contribution is 8.13. The molecule has 0 amide bonds. The smallest absolute Gasteiger partial charge is 0.404 e. The van der Waals surface area contributed by atoms with Gasteiger partial charge in [0.05, 0.1) is 11.6 Å². The number of benzene rings is 1. The summed E-state index contributed by atoms with van der Waals surface area (Å²) in [4.78, 5) is -0.817. The highest BCUT2D eigenvalue weighted by atomic mass is 35.7. The number of ether oxygens (including phenoxy) is 1. The van der Waals surface area contributed by atoms with E-state index in [2.05, 4.69) is 4.74 Å². The van der Waals surface area contributed by atoms with Crippen molar-refractivity contribution in [3.05, 3.63) is 23.3 Å². The second-order valence-corrected chi connectivity index (χ2v) is 5.94. The zero-order valence-corrected chi connectivity index (χ0v) is 11.0. The Morgan fingerprint density at radius 1 is 1.42 bits per heavy atom. The molecule has 1 aromatic rings. The lowest BCUT2D eigenvalue weighted by molar-refractivity contribution is -0.275. The Balaban J connectivity index is 3.56. The molecule has 0 heterocycles. The molecule has 1 rings (SSSR count). The van der Waals surface area contributed by atoms with Crippen LogP contribution in [0.25, 0.3) is 0 Å². The predicted molar refractivity (Wildman–Crippen MR) is 60.3 cm³/mol. The molecule has 0 fully saturated rings. The molecule has 104 valence electrons. The molecular formula is C10H7ClF3NO3S. The number of halogens is 4. The van der Waals surface area contributed by atoms with E-state index in [1.165, 1.54) is 0 Å². The lowest BCUT2D eigenvalue weighted by Gasteiger charge is -2.13. The summed E-state index contributed by atoms with van der Waals surface area (Å²) in [5.74, 6) is -1.02. The second kappa shape index (κ2) is 5.27. The maximum absolute atomic E-state index is 12.2. The monoisotopic (exact) mass is 313 g/mol. The van der Waals surface area contributed by atoms with Gasteiger partial charge in [-0.2, -0.15) is 5.26 Å². The molecule has 9 heteroatoms. The van der Waals surface area contributed by atoms with Crippen molar-refractivity contribution in [3.8, 4) is 11.8 Å². The third-order valence-corrected chi connectivity index (χ3v) is 3.50. The highest BCUT2D eigenvalue weighted by Gasteiger charge is 2.34. The average Bonchev–Trinajstić information content (AvgIpc) is 2.24. The van der Waals surface area contributed by atoms with Crippen LogP contribution in [0.15, 0.2) is 17.0 Å². The van der Waals surface area contributed by atoms with Crippen LogP contribution in [0.5, 0.6) is 5.75 Å². The third-order valence-electron chi connectivity index (χ3n) is 2.16. The van der Waals surface area contributed by atoms with E-state index in [1.807, 2.05) is 0 Å². The van der Waals surface area contributed by atoms with Crippen molar-refractivity contribution < 1.29 is 26.3 Å². The molecule has 0 aliphatic carbocycles. The Labute approximate surface area is 111 Å². The van der Waals surface area contributed by atoms with E-state index < -0.39 is 26.1 Å². The van der Waals surface area contributed by atoms with E-state index in [4.69, 9.17) is 15.9 Å². The van der Waals surface area contributed by atoms with Crippen molar-refractivity contribution in [2.24, 2.45) is 0 Å². The number of hydrogen-bond acceptors (Lipinski definition) is 4. The first-order chi connectivity index (χ1) is 8.58. The van der Waals surface area contributed by atoms with Crippen molar-refractivity contribution in [3.63, 3.8) is 0 Å². The van der Waals surface area contributed by atoms with E-state index in [0.29, 0.717) is 6.07 Å². The van der Waals surface area contributed by atoms with Crippen LogP contribution in [0, 0.1) is 11.3 Å². The molecule has 0 aliphatic heterocycles. The van der Waals surface area contributed by atoms with Crippen molar-refractivity contribution >= 4 is 19.7 Å². The lowest BCUT2D eigenvalue weighted by Crippen LogP contribution is -2.18. The minimum Gasteiger partial charge on any atom is -0.404 e. The summed E-state index contributed by atoms with van der Waals surface area (Å²) < 4.78 is 62.6. The number of nitrogens with zero attached hydrogens (tertiary/aromatic N) is 1. The number of nitriles is 1. The molecule has 0 aliphatic rings. The molecule has 0 spiro atoms. The molecule has 0 radical (unpaired) electrons. The van der Waals surface area contributed by atoms with Gasteiger partial charge >= 0.3 is 6.36 Å². The van der Waals surface area contributed by atoms with Crippen LogP contribution >= 0.6 is 10.7 Å². The molecule has 0 saturated carbocycles. The fourth-order valence-corrected chi connectivity index (χ4v) is 2.38.